The molecule has 0 fully saturated rings. The van der Waals surface area contributed by atoms with Gasteiger partial charge in [0.1, 0.15) is 10.6 Å². The first-order valence-electron chi connectivity index (χ1n) is 6.00. The van der Waals surface area contributed by atoms with Crippen LogP contribution >= 0.6 is 15.9 Å². The molecule has 0 aliphatic heterocycles. The van der Waals surface area contributed by atoms with E-state index in [2.05, 4.69) is 20.7 Å². The Bertz CT molecular complexity index is 591. The van der Waals surface area contributed by atoms with Crippen molar-refractivity contribution in [3.63, 3.8) is 0 Å². The molecular weight excluding hydrogens is 346 g/mol. The number of hydrogen-bond donors (Lipinski definition) is 2. The predicted molar refractivity (Wildman–Crippen MR) is 81.4 cm³/mol. The van der Waals surface area contributed by atoms with Gasteiger partial charge in [-0.15, -0.1) is 0 Å². The summed E-state index contributed by atoms with van der Waals surface area (Å²) in [6, 6.07) is 4.72. The van der Waals surface area contributed by atoms with Gasteiger partial charge in [0.25, 0.3) is 0 Å². The molecule has 0 aromatic heterocycles. The second-order valence-electron chi connectivity index (χ2n) is 5.58. The summed E-state index contributed by atoms with van der Waals surface area (Å²) in [7, 11) is -2.43. The Morgan fingerprint density at radius 3 is 2.25 bits per heavy atom. The van der Waals surface area contributed by atoms with Crippen LogP contribution in [0.3, 0.4) is 0 Å². The van der Waals surface area contributed by atoms with E-state index in [1.807, 2.05) is 0 Å². The van der Waals surface area contributed by atoms with Crippen molar-refractivity contribution in [1.29, 1.82) is 0 Å². The van der Waals surface area contributed by atoms with E-state index in [0.29, 0.717) is 4.47 Å². The number of rotatable bonds is 5. The van der Waals surface area contributed by atoms with Crippen molar-refractivity contribution in [3.05, 3.63) is 22.7 Å². The first-order chi connectivity index (χ1) is 8.90. The first-order valence-corrected chi connectivity index (χ1v) is 8.28. The summed E-state index contributed by atoms with van der Waals surface area (Å²) in [5.41, 5.74) is -2.27. The van der Waals surface area contributed by atoms with Crippen LogP contribution in [0.4, 0.5) is 0 Å². The zero-order valence-electron chi connectivity index (χ0n) is 12.2. The van der Waals surface area contributed by atoms with E-state index >= 15 is 0 Å². The van der Waals surface area contributed by atoms with Gasteiger partial charge in [-0.25, -0.2) is 13.1 Å². The molecule has 7 heteroatoms. The quantitative estimate of drug-likeness (QED) is 0.839. The lowest BCUT2D eigenvalue weighted by atomic mass is 9.87. The van der Waals surface area contributed by atoms with Crippen LogP contribution in [0.15, 0.2) is 27.6 Å². The van der Waals surface area contributed by atoms with Crippen LogP contribution in [0.25, 0.3) is 0 Å². The topological polar surface area (TPSA) is 75.6 Å². The minimum Gasteiger partial charge on any atom is -0.495 e. The molecule has 20 heavy (non-hydrogen) atoms. The number of halogens is 1. The Balaban J connectivity index is 3.29. The van der Waals surface area contributed by atoms with Gasteiger partial charge in [-0.1, -0.05) is 15.9 Å². The number of sulfonamides is 1. The van der Waals surface area contributed by atoms with Crippen LogP contribution in [0, 0.1) is 0 Å². The first kappa shape index (κ1) is 17.4. The normalized spacial score (nSPS) is 13.3. The maximum absolute atomic E-state index is 12.5. The zero-order chi connectivity index (χ0) is 15.8. The van der Waals surface area contributed by atoms with Gasteiger partial charge in [0.05, 0.1) is 18.2 Å². The van der Waals surface area contributed by atoms with Crippen molar-refractivity contribution in [2.24, 2.45) is 0 Å². The summed E-state index contributed by atoms with van der Waals surface area (Å²) in [4.78, 5) is 0.0201. The van der Waals surface area contributed by atoms with E-state index in [0.717, 1.165) is 0 Å². The molecule has 0 unspecified atom stereocenters. The van der Waals surface area contributed by atoms with Gasteiger partial charge in [0.15, 0.2) is 0 Å². The second-order valence-corrected chi connectivity index (χ2v) is 8.15. The molecule has 0 aliphatic carbocycles. The second kappa shape index (κ2) is 5.63. The fraction of sp³-hybridized carbons (Fsp3) is 0.538. The summed E-state index contributed by atoms with van der Waals surface area (Å²) in [6.07, 6.45) is 0. The summed E-state index contributed by atoms with van der Waals surface area (Å²) >= 11 is 3.24. The molecule has 0 amide bonds. The van der Waals surface area contributed by atoms with Crippen molar-refractivity contribution in [2.75, 3.05) is 7.11 Å². The number of aliphatic hydroxyl groups is 1. The van der Waals surface area contributed by atoms with Crippen LogP contribution in [0.1, 0.15) is 27.7 Å². The molecule has 1 aromatic carbocycles. The third kappa shape index (κ3) is 3.72. The Morgan fingerprint density at radius 2 is 1.80 bits per heavy atom. The van der Waals surface area contributed by atoms with Crippen LogP contribution in [-0.4, -0.2) is 31.8 Å². The largest absolute Gasteiger partial charge is 0.495 e. The fourth-order valence-electron chi connectivity index (χ4n) is 1.38. The lowest BCUT2D eigenvalue weighted by Gasteiger charge is -2.37. The SMILES string of the molecule is COc1ccc(Br)cc1S(=O)(=O)NC(C)(C)C(C)(C)O. The zero-order valence-corrected chi connectivity index (χ0v) is 14.6. The number of hydrogen-bond acceptors (Lipinski definition) is 4. The highest BCUT2D eigenvalue weighted by molar-refractivity contribution is 9.10. The molecule has 1 rings (SSSR count). The average molecular weight is 366 g/mol. The highest BCUT2D eigenvalue weighted by atomic mass is 79.9. The van der Waals surface area contributed by atoms with Gasteiger partial charge in [-0.05, 0) is 45.9 Å². The monoisotopic (exact) mass is 365 g/mol. The lowest BCUT2D eigenvalue weighted by Crippen LogP contribution is -2.57. The molecule has 5 nitrogen and oxygen atoms in total. The Morgan fingerprint density at radius 1 is 1.25 bits per heavy atom. The predicted octanol–water partition coefficient (Wildman–Crippen LogP) is 2.29. The summed E-state index contributed by atoms with van der Waals surface area (Å²) in [5, 5.41) is 10.1. The molecule has 0 saturated carbocycles. The molecular formula is C13H20BrNO4S. The van der Waals surface area contributed by atoms with E-state index in [4.69, 9.17) is 4.74 Å². The minimum absolute atomic E-state index is 0.0201. The van der Waals surface area contributed by atoms with Gasteiger partial charge < -0.3 is 9.84 Å². The van der Waals surface area contributed by atoms with Gasteiger partial charge in [0, 0.05) is 4.47 Å². The standard InChI is InChI=1S/C13H20BrNO4S/c1-12(2,13(3,4)16)15-20(17,18)11-8-9(14)6-7-10(11)19-5/h6-8,15-16H,1-5H3. The van der Waals surface area contributed by atoms with Gasteiger partial charge in [-0.3, -0.25) is 0 Å². The van der Waals surface area contributed by atoms with E-state index in [1.165, 1.54) is 13.2 Å². The molecule has 0 heterocycles. The minimum atomic E-state index is -3.83. The Hall–Kier alpha value is -0.630. The summed E-state index contributed by atoms with van der Waals surface area (Å²) in [6.45, 7) is 6.34. The maximum Gasteiger partial charge on any atom is 0.244 e. The number of ether oxygens (including phenoxy) is 1. The van der Waals surface area contributed by atoms with Crippen molar-refractivity contribution in [2.45, 2.75) is 43.7 Å². The Kier molecular flexibility index (Phi) is 4.91. The molecule has 114 valence electrons. The van der Waals surface area contributed by atoms with Gasteiger partial charge in [0.2, 0.25) is 10.0 Å². The molecule has 0 bridgehead atoms. The van der Waals surface area contributed by atoms with Crippen molar-refractivity contribution >= 4 is 26.0 Å². The van der Waals surface area contributed by atoms with E-state index in [-0.39, 0.29) is 10.6 Å². The fourth-order valence-corrected chi connectivity index (χ4v) is 3.62. The molecule has 0 aliphatic rings. The van der Waals surface area contributed by atoms with Gasteiger partial charge in [-0.2, -0.15) is 0 Å². The van der Waals surface area contributed by atoms with E-state index in [9.17, 15) is 13.5 Å². The van der Waals surface area contributed by atoms with Gasteiger partial charge >= 0.3 is 0 Å². The summed E-state index contributed by atoms with van der Waals surface area (Å²) in [5.74, 6) is 0.243. The molecule has 1 aromatic rings. The molecule has 0 atom stereocenters. The molecule has 2 N–H and O–H groups in total. The van der Waals surface area contributed by atoms with E-state index < -0.39 is 21.2 Å². The Labute approximate surface area is 128 Å². The van der Waals surface area contributed by atoms with Crippen LogP contribution in [0.5, 0.6) is 5.75 Å². The van der Waals surface area contributed by atoms with Crippen molar-refractivity contribution in [3.8, 4) is 5.75 Å². The third-order valence-corrected chi connectivity index (χ3v) is 5.50. The highest BCUT2D eigenvalue weighted by Crippen LogP contribution is 2.30. The number of nitrogens with one attached hydrogen (secondary N) is 1. The lowest BCUT2D eigenvalue weighted by molar-refractivity contribution is 0.00637. The highest BCUT2D eigenvalue weighted by Gasteiger charge is 2.39. The molecule has 0 saturated heterocycles. The maximum atomic E-state index is 12.5. The van der Waals surface area contributed by atoms with E-state index in [1.54, 1.807) is 39.8 Å². The summed E-state index contributed by atoms with van der Waals surface area (Å²) < 4.78 is 33.2. The van der Waals surface area contributed by atoms with Crippen LogP contribution in [-0.2, 0) is 10.0 Å². The number of methoxy groups -OCH3 is 1. The third-order valence-electron chi connectivity index (χ3n) is 3.33. The smallest absolute Gasteiger partial charge is 0.244 e. The van der Waals surface area contributed by atoms with Crippen LogP contribution < -0.4 is 9.46 Å². The molecule has 0 spiro atoms. The number of benzene rings is 1. The van der Waals surface area contributed by atoms with Crippen molar-refractivity contribution < 1.29 is 18.3 Å². The average Bonchev–Trinajstić information content (AvgIpc) is 2.26. The van der Waals surface area contributed by atoms with Crippen LogP contribution in [0.2, 0.25) is 0 Å². The van der Waals surface area contributed by atoms with Crippen molar-refractivity contribution in [1.82, 2.24) is 4.72 Å². The molecule has 0 radical (unpaired) electrons.